The molecule has 1 unspecified atom stereocenters. The first-order valence-corrected chi connectivity index (χ1v) is 5.39. The van der Waals surface area contributed by atoms with Crippen LogP contribution in [0.1, 0.15) is 25.6 Å². The summed E-state index contributed by atoms with van der Waals surface area (Å²) in [6, 6.07) is 0.690. The van der Waals surface area contributed by atoms with Gasteiger partial charge in [0.25, 0.3) is 0 Å². The van der Waals surface area contributed by atoms with E-state index in [4.69, 9.17) is 0 Å². The number of hydrogen-bond donors (Lipinski definition) is 0. The Kier molecular flexibility index (Phi) is 2.82. The lowest BCUT2D eigenvalue weighted by Crippen LogP contribution is -2.32. The monoisotopic (exact) mass is 194 g/mol. The van der Waals surface area contributed by atoms with Crippen molar-refractivity contribution in [3.8, 4) is 0 Å². The molecule has 2 heterocycles. The standard InChI is InChI=1S/C10H18N4/c1-3-13-6-4-5-10(13)7-14-8-11-12-9(14)2/h8,10H,3-7H2,1-2H3. The first kappa shape index (κ1) is 9.65. The van der Waals surface area contributed by atoms with Gasteiger partial charge in [-0.15, -0.1) is 10.2 Å². The Morgan fingerprint density at radius 3 is 3.07 bits per heavy atom. The number of hydrogen-bond acceptors (Lipinski definition) is 3. The minimum atomic E-state index is 0.690. The smallest absolute Gasteiger partial charge is 0.129 e. The van der Waals surface area contributed by atoms with Gasteiger partial charge in [-0.05, 0) is 32.9 Å². The van der Waals surface area contributed by atoms with Crippen LogP contribution in [0.25, 0.3) is 0 Å². The van der Waals surface area contributed by atoms with Gasteiger partial charge in [-0.25, -0.2) is 0 Å². The van der Waals surface area contributed by atoms with Crippen molar-refractivity contribution >= 4 is 0 Å². The highest BCUT2D eigenvalue weighted by molar-refractivity contribution is 4.85. The summed E-state index contributed by atoms with van der Waals surface area (Å²) in [4.78, 5) is 2.54. The van der Waals surface area contributed by atoms with Crippen molar-refractivity contribution in [2.24, 2.45) is 0 Å². The van der Waals surface area contributed by atoms with E-state index in [1.807, 2.05) is 13.3 Å². The molecule has 0 aliphatic carbocycles. The van der Waals surface area contributed by atoms with E-state index >= 15 is 0 Å². The summed E-state index contributed by atoms with van der Waals surface area (Å²) in [5, 5.41) is 7.91. The molecule has 78 valence electrons. The molecule has 0 bridgehead atoms. The van der Waals surface area contributed by atoms with Crippen LogP contribution in [0.2, 0.25) is 0 Å². The quantitative estimate of drug-likeness (QED) is 0.722. The Balaban J connectivity index is 2.00. The zero-order valence-corrected chi connectivity index (χ0v) is 8.98. The van der Waals surface area contributed by atoms with E-state index in [0.29, 0.717) is 6.04 Å². The molecule has 1 aliphatic heterocycles. The summed E-state index contributed by atoms with van der Waals surface area (Å²) < 4.78 is 2.15. The van der Waals surface area contributed by atoms with Gasteiger partial charge < -0.3 is 4.57 Å². The molecule has 1 saturated heterocycles. The normalized spacial score (nSPS) is 23.1. The van der Waals surface area contributed by atoms with E-state index in [2.05, 4.69) is 26.6 Å². The molecule has 4 nitrogen and oxygen atoms in total. The average molecular weight is 194 g/mol. The molecule has 1 aromatic heterocycles. The second-order valence-corrected chi connectivity index (χ2v) is 3.96. The van der Waals surface area contributed by atoms with Gasteiger partial charge in [0.1, 0.15) is 12.2 Å². The lowest BCUT2D eigenvalue weighted by molar-refractivity contribution is 0.243. The summed E-state index contributed by atoms with van der Waals surface area (Å²) in [7, 11) is 0. The summed E-state index contributed by atoms with van der Waals surface area (Å²) in [6.45, 7) is 7.70. The molecule has 0 aromatic carbocycles. The molecule has 0 saturated carbocycles. The Labute approximate surface area is 84.9 Å². The molecular weight excluding hydrogens is 176 g/mol. The molecular formula is C10H18N4. The molecule has 1 fully saturated rings. The number of rotatable bonds is 3. The maximum absolute atomic E-state index is 4.00. The summed E-state index contributed by atoms with van der Waals surface area (Å²) in [6.07, 6.45) is 4.48. The predicted molar refractivity (Wildman–Crippen MR) is 55.0 cm³/mol. The fraction of sp³-hybridized carbons (Fsp3) is 0.800. The largest absolute Gasteiger partial charge is 0.316 e. The van der Waals surface area contributed by atoms with Gasteiger partial charge in [0, 0.05) is 12.6 Å². The van der Waals surface area contributed by atoms with Crippen molar-refractivity contribution in [3.05, 3.63) is 12.2 Å². The van der Waals surface area contributed by atoms with Gasteiger partial charge in [0.05, 0.1) is 0 Å². The number of likely N-dealkylation sites (tertiary alicyclic amines) is 1. The van der Waals surface area contributed by atoms with Crippen LogP contribution in [0.4, 0.5) is 0 Å². The van der Waals surface area contributed by atoms with E-state index in [1.54, 1.807) is 0 Å². The van der Waals surface area contributed by atoms with Gasteiger partial charge in [0.15, 0.2) is 0 Å². The molecule has 0 radical (unpaired) electrons. The van der Waals surface area contributed by atoms with Crippen LogP contribution in [0, 0.1) is 6.92 Å². The van der Waals surface area contributed by atoms with Crippen molar-refractivity contribution in [3.63, 3.8) is 0 Å². The van der Waals surface area contributed by atoms with Crippen LogP contribution in [0.3, 0.4) is 0 Å². The molecule has 2 rings (SSSR count). The third-order valence-electron chi connectivity index (χ3n) is 3.12. The third kappa shape index (κ3) is 1.80. The minimum absolute atomic E-state index is 0.690. The summed E-state index contributed by atoms with van der Waals surface area (Å²) >= 11 is 0. The molecule has 0 spiro atoms. The fourth-order valence-corrected chi connectivity index (χ4v) is 2.24. The molecule has 14 heavy (non-hydrogen) atoms. The second kappa shape index (κ2) is 4.09. The fourth-order valence-electron chi connectivity index (χ4n) is 2.24. The zero-order chi connectivity index (χ0) is 9.97. The number of aryl methyl sites for hydroxylation is 1. The van der Waals surface area contributed by atoms with Crippen molar-refractivity contribution < 1.29 is 0 Å². The number of likely N-dealkylation sites (N-methyl/N-ethyl adjacent to an activating group) is 1. The Hall–Kier alpha value is -0.900. The highest BCUT2D eigenvalue weighted by Gasteiger charge is 2.23. The molecule has 1 atom stereocenters. The van der Waals surface area contributed by atoms with E-state index < -0.39 is 0 Å². The van der Waals surface area contributed by atoms with Crippen molar-refractivity contribution in [2.75, 3.05) is 13.1 Å². The maximum Gasteiger partial charge on any atom is 0.129 e. The van der Waals surface area contributed by atoms with Crippen molar-refractivity contribution in [2.45, 2.75) is 39.3 Å². The molecule has 1 aromatic rings. The average Bonchev–Trinajstić information content (AvgIpc) is 2.77. The van der Waals surface area contributed by atoms with Crippen LogP contribution in [0.5, 0.6) is 0 Å². The van der Waals surface area contributed by atoms with Crippen LogP contribution in [0.15, 0.2) is 6.33 Å². The Morgan fingerprint density at radius 2 is 2.43 bits per heavy atom. The molecule has 0 N–H and O–H groups in total. The highest BCUT2D eigenvalue weighted by atomic mass is 15.3. The minimum Gasteiger partial charge on any atom is -0.316 e. The van der Waals surface area contributed by atoms with E-state index in [9.17, 15) is 0 Å². The Morgan fingerprint density at radius 1 is 1.57 bits per heavy atom. The zero-order valence-electron chi connectivity index (χ0n) is 8.98. The summed E-state index contributed by atoms with van der Waals surface area (Å²) in [5.41, 5.74) is 0. The van der Waals surface area contributed by atoms with E-state index in [-0.39, 0.29) is 0 Å². The second-order valence-electron chi connectivity index (χ2n) is 3.96. The molecule has 1 aliphatic rings. The highest BCUT2D eigenvalue weighted by Crippen LogP contribution is 2.18. The SMILES string of the molecule is CCN1CCCC1Cn1cnnc1C. The van der Waals surface area contributed by atoms with Crippen LogP contribution >= 0.6 is 0 Å². The van der Waals surface area contributed by atoms with Gasteiger partial charge in [-0.1, -0.05) is 6.92 Å². The topological polar surface area (TPSA) is 34.0 Å². The first-order chi connectivity index (χ1) is 6.81. The first-order valence-electron chi connectivity index (χ1n) is 5.39. The molecule has 4 heteroatoms. The van der Waals surface area contributed by atoms with Crippen molar-refractivity contribution in [1.29, 1.82) is 0 Å². The predicted octanol–water partition coefficient (Wildman–Crippen LogP) is 1.07. The van der Waals surface area contributed by atoms with Crippen LogP contribution < -0.4 is 0 Å². The van der Waals surface area contributed by atoms with Crippen LogP contribution in [-0.4, -0.2) is 38.8 Å². The summed E-state index contributed by atoms with van der Waals surface area (Å²) in [5.74, 6) is 1.02. The van der Waals surface area contributed by atoms with Crippen LogP contribution in [-0.2, 0) is 6.54 Å². The number of nitrogens with zero attached hydrogens (tertiary/aromatic N) is 4. The van der Waals surface area contributed by atoms with Gasteiger partial charge in [-0.3, -0.25) is 4.90 Å². The molecule has 0 amide bonds. The van der Waals surface area contributed by atoms with E-state index in [0.717, 1.165) is 18.9 Å². The van der Waals surface area contributed by atoms with Crippen molar-refractivity contribution in [1.82, 2.24) is 19.7 Å². The number of aromatic nitrogens is 3. The third-order valence-corrected chi connectivity index (χ3v) is 3.12. The Bertz CT molecular complexity index is 294. The van der Waals surface area contributed by atoms with Gasteiger partial charge in [-0.2, -0.15) is 0 Å². The maximum atomic E-state index is 4.00. The van der Waals surface area contributed by atoms with Gasteiger partial charge >= 0.3 is 0 Å². The lowest BCUT2D eigenvalue weighted by atomic mass is 10.2. The van der Waals surface area contributed by atoms with E-state index in [1.165, 1.54) is 19.4 Å². The van der Waals surface area contributed by atoms with Gasteiger partial charge in [0.2, 0.25) is 0 Å². The lowest BCUT2D eigenvalue weighted by Gasteiger charge is -2.23.